The average Bonchev–Trinajstić information content (AvgIpc) is 3.25. The van der Waals surface area contributed by atoms with Gasteiger partial charge in [-0.25, -0.2) is 0 Å². The summed E-state index contributed by atoms with van der Waals surface area (Å²) in [5.74, 6) is 1.11. The van der Waals surface area contributed by atoms with Gasteiger partial charge in [0, 0.05) is 24.7 Å². The monoisotopic (exact) mass is 332 g/mol. The molecule has 23 heavy (non-hydrogen) atoms. The van der Waals surface area contributed by atoms with Gasteiger partial charge in [-0.2, -0.15) is 5.10 Å². The van der Waals surface area contributed by atoms with Gasteiger partial charge in [0.25, 0.3) is 5.91 Å². The molecule has 3 atom stereocenters. The lowest BCUT2D eigenvalue weighted by atomic mass is 9.98. The Morgan fingerprint density at radius 2 is 2.00 bits per heavy atom. The molecule has 122 valence electrons. The molecular formula is C17H21ClN4O. The first kappa shape index (κ1) is 16.0. The molecule has 2 aliphatic rings. The SMILES string of the molecule is Cl.NC1CCC2CN(C(=O)c3cn[nH]c3-c3ccccc3)CC12. The first-order valence-corrected chi connectivity index (χ1v) is 7.87. The molecule has 4 rings (SSSR count). The Bertz CT molecular complexity index is 687. The van der Waals surface area contributed by atoms with E-state index in [0.717, 1.165) is 37.2 Å². The number of H-pyrrole nitrogens is 1. The van der Waals surface area contributed by atoms with Crippen LogP contribution in [0.1, 0.15) is 23.2 Å². The van der Waals surface area contributed by atoms with Crippen molar-refractivity contribution in [3.05, 3.63) is 42.1 Å². The van der Waals surface area contributed by atoms with E-state index in [4.69, 9.17) is 5.73 Å². The standard InChI is InChI=1S/C17H20N4O.ClH/c18-15-7-6-12-9-21(10-14(12)15)17(22)13-8-19-20-16(13)11-4-2-1-3-5-11;/h1-5,8,12,14-15H,6-7,9-10,18H2,(H,19,20);1H. The summed E-state index contributed by atoms with van der Waals surface area (Å²) in [4.78, 5) is 14.8. The lowest BCUT2D eigenvalue weighted by Gasteiger charge is -2.18. The van der Waals surface area contributed by atoms with Gasteiger partial charge in [-0.1, -0.05) is 30.3 Å². The number of nitrogens with two attached hydrogens (primary N) is 1. The van der Waals surface area contributed by atoms with Crippen LogP contribution < -0.4 is 5.73 Å². The lowest BCUT2D eigenvalue weighted by Crippen LogP contribution is -2.33. The van der Waals surface area contributed by atoms with Gasteiger partial charge in [-0.3, -0.25) is 9.89 Å². The molecule has 3 N–H and O–H groups in total. The number of aromatic amines is 1. The Hall–Kier alpha value is -1.85. The number of fused-ring (bicyclic) bond motifs is 1. The van der Waals surface area contributed by atoms with Crippen LogP contribution in [0.25, 0.3) is 11.3 Å². The summed E-state index contributed by atoms with van der Waals surface area (Å²) in [7, 11) is 0. The molecule has 1 amide bonds. The van der Waals surface area contributed by atoms with Crippen molar-refractivity contribution in [3.63, 3.8) is 0 Å². The molecular weight excluding hydrogens is 312 g/mol. The maximum atomic E-state index is 12.9. The second-order valence-electron chi connectivity index (χ2n) is 6.40. The van der Waals surface area contributed by atoms with E-state index in [1.807, 2.05) is 35.2 Å². The van der Waals surface area contributed by atoms with Crippen LogP contribution in [-0.2, 0) is 0 Å². The normalized spacial score (nSPS) is 26.0. The first-order chi connectivity index (χ1) is 10.7. The zero-order valence-corrected chi connectivity index (χ0v) is 13.6. The largest absolute Gasteiger partial charge is 0.338 e. The highest BCUT2D eigenvalue weighted by Crippen LogP contribution is 2.38. The average molecular weight is 333 g/mol. The Kier molecular flexibility index (Phi) is 4.41. The zero-order valence-electron chi connectivity index (χ0n) is 12.8. The molecule has 1 aliphatic heterocycles. The Morgan fingerprint density at radius 1 is 1.22 bits per heavy atom. The molecule has 0 bridgehead atoms. The third-order valence-corrected chi connectivity index (χ3v) is 5.13. The highest BCUT2D eigenvalue weighted by atomic mass is 35.5. The first-order valence-electron chi connectivity index (χ1n) is 7.87. The topological polar surface area (TPSA) is 75.0 Å². The van der Waals surface area contributed by atoms with Gasteiger partial charge in [-0.15, -0.1) is 12.4 Å². The Morgan fingerprint density at radius 3 is 2.74 bits per heavy atom. The van der Waals surface area contributed by atoms with E-state index in [2.05, 4.69) is 10.2 Å². The summed E-state index contributed by atoms with van der Waals surface area (Å²) in [5, 5.41) is 7.04. The molecule has 0 spiro atoms. The van der Waals surface area contributed by atoms with E-state index < -0.39 is 0 Å². The number of nitrogens with zero attached hydrogens (tertiary/aromatic N) is 2. The number of amides is 1. The smallest absolute Gasteiger partial charge is 0.257 e. The number of carbonyl (C=O) groups is 1. The molecule has 0 radical (unpaired) electrons. The molecule has 1 aliphatic carbocycles. The number of likely N-dealkylation sites (tertiary alicyclic amines) is 1. The highest BCUT2D eigenvalue weighted by Gasteiger charge is 2.43. The molecule has 1 saturated heterocycles. The van der Waals surface area contributed by atoms with Crippen molar-refractivity contribution < 1.29 is 4.79 Å². The predicted octanol–water partition coefficient (Wildman–Crippen LogP) is 2.31. The van der Waals surface area contributed by atoms with Crippen LogP contribution in [0.15, 0.2) is 36.5 Å². The van der Waals surface area contributed by atoms with Crippen LogP contribution >= 0.6 is 12.4 Å². The Labute approximate surface area is 141 Å². The molecule has 6 heteroatoms. The summed E-state index contributed by atoms with van der Waals surface area (Å²) < 4.78 is 0. The number of aromatic nitrogens is 2. The van der Waals surface area contributed by atoms with Gasteiger partial charge in [-0.05, 0) is 24.7 Å². The number of rotatable bonds is 2. The number of hydrogen-bond donors (Lipinski definition) is 2. The fourth-order valence-corrected chi connectivity index (χ4v) is 3.92. The van der Waals surface area contributed by atoms with Crippen LogP contribution in [0.5, 0.6) is 0 Å². The minimum atomic E-state index is 0. The number of nitrogens with one attached hydrogen (secondary N) is 1. The van der Waals surface area contributed by atoms with Crippen LogP contribution in [0.4, 0.5) is 0 Å². The summed E-state index contributed by atoms with van der Waals surface area (Å²) >= 11 is 0. The van der Waals surface area contributed by atoms with Gasteiger partial charge < -0.3 is 10.6 Å². The van der Waals surface area contributed by atoms with Gasteiger partial charge in [0.15, 0.2) is 0 Å². The molecule has 2 aromatic rings. The number of benzene rings is 1. The summed E-state index contributed by atoms with van der Waals surface area (Å²) in [6.45, 7) is 1.61. The van der Waals surface area contributed by atoms with E-state index in [-0.39, 0.29) is 24.4 Å². The van der Waals surface area contributed by atoms with E-state index in [0.29, 0.717) is 17.4 Å². The zero-order chi connectivity index (χ0) is 15.1. The van der Waals surface area contributed by atoms with E-state index in [1.54, 1.807) is 6.20 Å². The molecule has 3 unspecified atom stereocenters. The molecule has 2 heterocycles. The van der Waals surface area contributed by atoms with E-state index in [9.17, 15) is 4.79 Å². The fourth-order valence-electron chi connectivity index (χ4n) is 3.92. The van der Waals surface area contributed by atoms with Crippen molar-refractivity contribution in [1.29, 1.82) is 0 Å². The highest BCUT2D eigenvalue weighted by molar-refractivity contribution is 5.99. The second-order valence-corrected chi connectivity index (χ2v) is 6.40. The third kappa shape index (κ3) is 2.75. The van der Waals surface area contributed by atoms with Crippen molar-refractivity contribution in [2.24, 2.45) is 17.6 Å². The van der Waals surface area contributed by atoms with Crippen LogP contribution in [0.3, 0.4) is 0 Å². The van der Waals surface area contributed by atoms with Gasteiger partial charge in [0.1, 0.15) is 0 Å². The van der Waals surface area contributed by atoms with E-state index in [1.165, 1.54) is 0 Å². The summed E-state index contributed by atoms with van der Waals surface area (Å²) in [6.07, 6.45) is 3.88. The van der Waals surface area contributed by atoms with Gasteiger partial charge in [0.05, 0.1) is 17.5 Å². The van der Waals surface area contributed by atoms with Crippen molar-refractivity contribution in [2.75, 3.05) is 13.1 Å². The number of carbonyl (C=O) groups excluding carboxylic acids is 1. The third-order valence-electron chi connectivity index (χ3n) is 5.13. The maximum Gasteiger partial charge on any atom is 0.257 e. The molecule has 1 aromatic carbocycles. The minimum absolute atomic E-state index is 0. The fraction of sp³-hybridized carbons (Fsp3) is 0.412. The van der Waals surface area contributed by atoms with Crippen molar-refractivity contribution in [3.8, 4) is 11.3 Å². The quantitative estimate of drug-likeness (QED) is 0.886. The minimum Gasteiger partial charge on any atom is -0.338 e. The number of halogens is 1. The molecule has 1 saturated carbocycles. The lowest BCUT2D eigenvalue weighted by molar-refractivity contribution is 0.0780. The summed E-state index contributed by atoms with van der Waals surface area (Å²) in [6, 6.07) is 10.1. The van der Waals surface area contributed by atoms with Crippen LogP contribution in [0.2, 0.25) is 0 Å². The summed E-state index contributed by atoms with van der Waals surface area (Å²) in [5.41, 5.74) is 8.60. The van der Waals surface area contributed by atoms with Crippen molar-refractivity contribution in [2.45, 2.75) is 18.9 Å². The van der Waals surface area contributed by atoms with Crippen molar-refractivity contribution >= 4 is 18.3 Å². The predicted molar refractivity (Wildman–Crippen MR) is 91.4 cm³/mol. The number of hydrogen-bond acceptors (Lipinski definition) is 3. The molecule has 1 aromatic heterocycles. The second kappa shape index (κ2) is 6.34. The molecule has 2 fully saturated rings. The van der Waals surface area contributed by atoms with Crippen LogP contribution in [0, 0.1) is 11.8 Å². The Balaban J connectivity index is 0.00000156. The van der Waals surface area contributed by atoms with Crippen molar-refractivity contribution in [1.82, 2.24) is 15.1 Å². The van der Waals surface area contributed by atoms with Crippen LogP contribution in [-0.4, -0.2) is 40.1 Å². The van der Waals surface area contributed by atoms with Gasteiger partial charge >= 0.3 is 0 Å². The van der Waals surface area contributed by atoms with E-state index >= 15 is 0 Å². The maximum absolute atomic E-state index is 12.9. The molecule has 5 nitrogen and oxygen atoms in total. The van der Waals surface area contributed by atoms with Gasteiger partial charge in [0.2, 0.25) is 0 Å².